The van der Waals surface area contributed by atoms with Crippen molar-refractivity contribution in [1.29, 1.82) is 0 Å². The number of benzene rings is 2. The van der Waals surface area contributed by atoms with E-state index in [1.165, 1.54) is 6.07 Å². The fourth-order valence-electron chi connectivity index (χ4n) is 1.98. The Morgan fingerprint density at radius 1 is 1.00 bits per heavy atom. The summed E-state index contributed by atoms with van der Waals surface area (Å²) in [6.45, 7) is 0. The van der Waals surface area contributed by atoms with Crippen molar-refractivity contribution in [3.05, 3.63) is 69.4 Å². The Bertz CT molecular complexity index is 626. The van der Waals surface area contributed by atoms with Gasteiger partial charge in [0.25, 0.3) is 0 Å². The van der Waals surface area contributed by atoms with Crippen LogP contribution in [0.2, 0.25) is 0 Å². The highest BCUT2D eigenvalue weighted by molar-refractivity contribution is 9.10. The molecular formula is C14H11BrF4N2. The third kappa shape index (κ3) is 3.61. The van der Waals surface area contributed by atoms with E-state index in [4.69, 9.17) is 5.84 Å². The van der Waals surface area contributed by atoms with Gasteiger partial charge in [0.1, 0.15) is 5.82 Å². The van der Waals surface area contributed by atoms with E-state index in [-0.39, 0.29) is 0 Å². The molecule has 0 radical (unpaired) electrons. The highest BCUT2D eigenvalue weighted by atomic mass is 79.9. The van der Waals surface area contributed by atoms with Gasteiger partial charge in [-0.1, -0.05) is 34.1 Å². The number of hydrogen-bond donors (Lipinski definition) is 2. The van der Waals surface area contributed by atoms with Gasteiger partial charge in [-0.2, -0.15) is 13.2 Å². The maximum atomic E-state index is 13.6. The first-order valence-corrected chi connectivity index (χ1v) is 6.70. The van der Waals surface area contributed by atoms with E-state index in [1.54, 1.807) is 24.3 Å². The Kier molecular flexibility index (Phi) is 4.65. The highest BCUT2D eigenvalue weighted by Crippen LogP contribution is 2.33. The van der Waals surface area contributed by atoms with Crippen molar-refractivity contribution in [1.82, 2.24) is 5.43 Å². The lowest BCUT2D eigenvalue weighted by Crippen LogP contribution is -2.29. The van der Waals surface area contributed by atoms with E-state index in [2.05, 4.69) is 21.4 Å². The van der Waals surface area contributed by atoms with Crippen LogP contribution in [0.25, 0.3) is 0 Å². The number of halogens is 5. The van der Waals surface area contributed by atoms with Crippen LogP contribution in [0.15, 0.2) is 46.9 Å². The molecule has 112 valence electrons. The zero-order chi connectivity index (χ0) is 15.6. The van der Waals surface area contributed by atoms with Crippen LogP contribution >= 0.6 is 15.9 Å². The Hall–Kier alpha value is -1.44. The standard InChI is InChI=1S/C14H11BrF4N2/c15-10-4-1-8(2-5-10)13(21-20)9-3-6-11(12(16)7-9)14(17,18)19/h1-7,13,21H,20H2. The van der Waals surface area contributed by atoms with Gasteiger partial charge in [-0.3, -0.25) is 5.84 Å². The first-order valence-electron chi connectivity index (χ1n) is 5.91. The molecule has 0 fully saturated rings. The number of nitrogens with two attached hydrogens (primary N) is 1. The van der Waals surface area contributed by atoms with Gasteiger partial charge in [-0.05, 0) is 35.4 Å². The van der Waals surface area contributed by atoms with Crippen molar-refractivity contribution >= 4 is 15.9 Å². The molecule has 2 rings (SSSR count). The molecule has 1 unspecified atom stereocenters. The SMILES string of the molecule is NNC(c1ccc(Br)cc1)c1ccc(C(F)(F)F)c(F)c1. The molecule has 0 aromatic heterocycles. The van der Waals surface area contributed by atoms with Crippen LogP contribution in [0.4, 0.5) is 17.6 Å². The summed E-state index contributed by atoms with van der Waals surface area (Å²) < 4.78 is 52.1. The molecule has 0 aliphatic carbocycles. The molecule has 0 heterocycles. The molecule has 21 heavy (non-hydrogen) atoms. The summed E-state index contributed by atoms with van der Waals surface area (Å²) in [5.41, 5.74) is 2.20. The molecule has 0 spiro atoms. The molecule has 0 aliphatic heterocycles. The molecule has 2 aromatic rings. The monoisotopic (exact) mass is 362 g/mol. The first-order chi connectivity index (χ1) is 9.82. The van der Waals surface area contributed by atoms with Crippen LogP contribution in [0.5, 0.6) is 0 Å². The fraction of sp³-hybridized carbons (Fsp3) is 0.143. The Labute approximate surface area is 127 Å². The van der Waals surface area contributed by atoms with E-state index in [1.807, 2.05) is 0 Å². The minimum absolute atomic E-state index is 0.310. The number of hydrogen-bond acceptors (Lipinski definition) is 2. The van der Waals surface area contributed by atoms with Crippen LogP contribution in [0.1, 0.15) is 22.7 Å². The van der Waals surface area contributed by atoms with E-state index >= 15 is 0 Å². The predicted molar refractivity (Wildman–Crippen MR) is 74.7 cm³/mol. The van der Waals surface area contributed by atoms with Gasteiger partial charge < -0.3 is 0 Å². The molecule has 0 saturated carbocycles. The van der Waals surface area contributed by atoms with E-state index < -0.39 is 23.6 Å². The Morgan fingerprint density at radius 3 is 2.05 bits per heavy atom. The van der Waals surface area contributed by atoms with Crippen LogP contribution in [-0.4, -0.2) is 0 Å². The van der Waals surface area contributed by atoms with Gasteiger partial charge in [0.15, 0.2) is 0 Å². The molecule has 3 N–H and O–H groups in total. The second kappa shape index (κ2) is 6.13. The summed E-state index contributed by atoms with van der Waals surface area (Å²) in [4.78, 5) is 0. The third-order valence-electron chi connectivity index (χ3n) is 3.00. The molecule has 2 nitrogen and oxygen atoms in total. The second-order valence-electron chi connectivity index (χ2n) is 4.39. The molecule has 0 bridgehead atoms. The van der Waals surface area contributed by atoms with Crippen LogP contribution < -0.4 is 11.3 Å². The molecule has 7 heteroatoms. The highest BCUT2D eigenvalue weighted by Gasteiger charge is 2.34. The van der Waals surface area contributed by atoms with Crippen molar-refractivity contribution < 1.29 is 17.6 Å². The summed E-state index contributed by atoms with van der Waals surface area (Å²) in [7, 11) is 0. The van der Waals surface area contributed by atoms with Gasteiger partial charge in [0.05, 0.1) is 11.6 Å². The van der Waals surface area contributed by atoms with E-state index in [9.17, 15) is 17.6 Å². The predicted octanol–water partition coefficient (Wildman–Crippen LogP) is 4.16. The first kappa shape index (κ1) is 15.9. The normalized spacial score (nSPS) is 13.2. The summed E-state index contributed by atoms with van der Waals surface area (Å²) in [5, 5.41) is 0. The molecule has 0 amide bonds. The lowest BCUT2D eigenvalue weighted by molar-refractivity contribution is -0.140. The van der Waals surface area contributed by atoms with Gasteiger partial charge in [-0.15, -0.1) is 0 Å². The molecule has 0 saturated heterocycles. The smallest absolute Gasteiger partial charge is 0.271 e. The van der Waals surface area contributed by atoms with Crippen LogP contribution in [0.3, 0.4) is 0 Å². The maximum absolute atomic E-state index is 13.6. The van der Waals surface area contributed by atoms with Crippen molar-refractivity contribution in [2.24, 2.45) is 5.84 Å². The minimum Gasteiger partial charge on any atom is -0.271 e. The lowest BCUT2D eigenvalue weighted by atomic mass is 9.98. The molecule has 1 atom stereocenters. The number of rotatable bonds is 3. The minimum atomic E-state index is -4.72. The van der Waals surface area contributed by atoms with E-state index in [0.29, 0.717) is 17.2 Å². The fourth-order valence-corrected chi connectivity index (χ4v) is 2.25. The Balaban J connectivity index is 2.40. The Morgan fingerprint density at radius 2 is 1.57 bits per heavy atom. The van der Waals surface area contributed by atoms with Gasteiger partial charge in [0.2, 0.25) is 0 Å². The zero-order valence-corrected chi connectivity index (χ0v) is 12.2. The summed E-state index contributed by atoms with van der Waals surface area (Å²) in [6, 6.07) is 9.17. The summed E-state index contributed by atoms with van der Waals surface area (Å²) in [6.07, 6.45) is -4.72. The number of alkyl halides is 3. The van der Waals surface area contributed by atoms with Crippen LogP contribution in [0, 0.1) is 5.82 Å². The van der Waals surface area contributed by atoms with Crippen LogP contribution in [-0.2, 0) is 6.18 Å². The largest absolute Gasteiger partial charge is 0.419 e. The average Bonchev–Trinajstić information content (AvgIpc) is 2.40. The maximum Gasteiger partial charge on any atom is 0.419 e. The van der Waals surface area contributed by atoms with Gasteiger partial charge in [0, 0.05) is 4.47 Å². The topological polar surface area (TPSA) is 38.0 Å². The second-order valence-corrected chi connectivity index (χ2v) is 5.30. The van der Waals surface area contributed by atoms with Crippen molar-refractivity contribution in [2.75, 3.05) is 0 Å². The third-order valence-corrected chi connectivity index (χ3v) is 3.53. The van der Waals surface area contributed by atoms with Crippen molar-refractivity contribution in [3.63, 3.8) is 0 Å². The molecule has 0 aliphatic rings. The van der Waals surface area contributed by atoms with Gasteiger partial charge >= 0.3 is 6.18 Å². The summed E-state index contributed by atoms with van der Waals surface area (Å²) >= 11 is 3.28. The lowest BCUT2D eigenvalue weighted by Gasteiger charge is -2.18. The zero-order valence-electron chi connectivity index (χ0n) is 10.6. The average molecular weight is 363 g/mol. The summed E-state index contributed by atoms with van der Waals surface area (Å²) in [5.74, 6) is 4.12. The van der Waals surface area contributed by atoms with Crippen molar-refractivity contribution in [2.45, 2.75) is 12.2 Å². The number of hydrazine groups is 1. The molecular weight excluding hydrogens is 352 g/mol. The van der Waals surface area contributed by atoms with E-state index in [0.717, 1.165) is 10.5 Å². The number of nitrogens with one attached hydrogen (secondary N) is 1. The van der Waals surface area contributed by atoms with Crippen molar-refractivity contribution in [3.8, 4) is 0 Å². The van der Waals surface area contributed by atoms with Gasteiger partial charge in [-0.25, -0.2) is 9.82 Å². The quantitative estimate of drug-likeness (QED) is 0.488. The molecule has 2 aromatic carbocycles.